The molecule has 0 saturated carbocycles. The number of benzene rings is 10. The molecule has 0 N–H and O–H groups in total. The summed E-state index contributed by atoms with van der Waals surface area (Å²) in [6.45, 7) is 0. The highest BCUT2D eigenvalue weighted by Gasteiger charge is 2.22. The first kappa shape index (κ1) is 32.0. The van der Waals surface area contributed by atoms with Gasteiger partial charge in [-0.2, -0.15) is 0 Å². The van der Waals surface area contributed by atoms with Gasteiger partial charge >= 0.3 is 0 Å². The van der Waals surface area contributed by atoms with E-state index in [2.05, 4.69) is 228 Å². The van der Waals surface area contributed by atoms with E-state index in [0.717, 1.165) is 22.7 Å². The number of para-hydroxylation sites is 2. The maximum absolute atomic E-state index is 2.47. The van der Waals surface area contributed by atoms with Crippen LogP contribution in [0.25, 0.3) is 82.1 Å². The van der Waals surface area contributed by atoms with Gasteiger partial charge < -0.3 is 9.47 Å². The quantitative estimate of drug-likeness (QED) is 0.156. The van der Waals surface area contributed by atoms with Gasteiger partial charge in [0.1, 0.15) is 0 Å². The highest BCUT2D eigenvalue weighted by atomic mass is 15.1. The van der Waals surface area contributed by atoms with Crippen molar-refractivity contribution in [1.29, 1.82) is 0 Å². The van der Waals surface area contributed by atoms with Crippen molar-refractivity contribution in [2.45, 2.75) is 0 Å². The molecule has 0 atom stereocenters. The number of aromatic nitrogens is 1. The lowest BCUT2D eigenvalue weighted by molar-refractivity contribution is 1.17. The van der Waals surface area contributed by atoms with E-state index in [0.29, 0.717) is 0 Å². The molecule has 0 saturated heterocycles. The molecule has 0 radical (unpaired) electrons. The predicted octanol–water partition coefficient (Wildman–Crippen LogP) is 15.0. The number of hydrogen-bond donors (Lipinski definition) is 0. The van der Waals surface area contributed by atoms with Crippen LogP contribution in [0.15, 0.2) is 218 Å². The van der Waals surface area contributed by atoms with Crippen molar-refractivity contribution < 1.29 is 0 Å². The third kappa shape index (κ3) is 5.19. The molecule has 0 aliphatic rings. The molecule has 10 aromatic carbocycles. The van der Waals surface area contributed by atoms with Crippen molar-refractivity contribution in [3.63, 3.8) is 0 Å². The fourth-order valence-electron chi connectivity index (χ4n) is 8.80. The van der Waals surface area contributed by atoms with Crippen LogP contribution in [-0.4, -0.2) is 4.57 Å². The Balaban J connectivity index is 1.17. The van der Waals surface area contributed by atoms with Gasteiger partial charge in [-0.1, -0.05) is 164 Å². The highest BCUT2D eigenvalue weighted by molar-refractivity contribution is 6.14. The van der Waals surface area contributed by atoms with Crippen molar-refractivity contribution in [2.75, 3.05) is 4.90 Å². The number of nitrogens with zero attached hydrogens (tertiary/aromatic N) is 2. The highest BCUT2D eigenvalue weighted by Crippen LogP contribution is 2.46. The third-order valence-electron chi connectivity index (χ3n) is 11.4. The molecule has 0 aliphatic heterocycles. The minimum absolute atomic E-state index is 1.09. The van der Waals surface area contributed by atoms with Gasteiger partial charge in [0.25, 0.3) is 0 Å². The standard InChI is InChI=1S/C54H36N2/c1-2-15-37(16-3-1)45-34-29-40(50-35-39-18-5-6-20-43(39)46-22-8-9-23-47(46)50)36-54(45)56(51-28-14-19-38-17-4-7-21-44(38)51)42-32-30-41(31-33-42)55-52-26-12-10-24-48(52)49-25-11-13-27-53(49)55/h1-36H. The Kier molecular flexibility index (Phi) is 7.53. The Bertz CT molecular complexity index is 3190. The summed E-state index contributed by atoms with van der Waals surface area (Å²) in [5.41, 5.74) is 11.6. The molecular formula is C54H36N2. The molecule has 0 bridgehead atoms. The molecule has 0 aliphatic carbocycles. The zero-order valence-electron chi connectivity index (χ0n) is 30.7. The van der Waals surface area contributed by atoms with Gasteiger partial charge in [0.2, 0.25) is 0 Å². The molecular weight excluding hydrogens is 677 g/mol. The van der Waals surface area contributed by atoms with Crippen molar-refractivity contribution in [3.8, 4) is 27.9 Å². The Morgan fingerprint density at radius 3 is 1.61 bits per heavy atom. The second-order valence-corrected chi connectivity index (χ2v) is 14.5. The van der Waals surface area contributed by atoms with Crippen LogP contribution in [0.4, 0.5) is 17.1 Å². The number of rotatable bonds is 6. The van der Waals surface area contributed by atoms with Crippen LogP contribution in [0.2, 0.25) is 0 Å². The topological polar surface area (TPSA) is 8.17 Å². The van der Waals surface area contributed by atoms with Gasteiger partial charge in [-0.15, -0.1) is 0 Å². The molecule has 2 heteroatoms. The lowest BCUT2D eigenvalue weighted by atomic mass is 9.91. The largest absolute Gasteiger partial charge is 0.309 e. The SMILES string of the molecule is c1ccc(-c2ccc(-c3cc4ccccc4c4ccccc34)cc2N(c2ccc(-n3c4ccccc4c4ccccc43)cc2)c2cccc3ccccc23)cc1. The first-order valence-corrected chi connectivity index (χ1v) is 19.3. The minimum Gasteiger partial charge on any atom is -0.309 e. The van der Waals surface area contributed by atoms with Gasteiger partial charge in [0.15, 0.2) is 0 Å². The fraction of sp³-hybridized carbons (Fsp3) is 0. The zero-order valence-corrected chi connectivity index (χ0v) is 30.7. The van der Waals surface area contributed by atoms with Crippen LogP contribution >= 0.6 is 0 Å². The predicted molar refractivity (Wildman–Crippen MR) is 239 cm³/mol. The summed E-state index contributed by atoms with van der Waals surface area (Å²) in [7, 11) is 0. The van der Waals surface area contributed by atoms with E-state index in [9.17, 15) is 0 Å². The van der Waals surface area contributed by atoms with Gasteiger partial charge in [-0.25, -0.2) is 0 Å². The smallest absolute Gasteiger partial charge is 0.0546 e. The molecule has 11 rings (SSSR count). The van der Waals surface area contributed by atoms with E-state index in [1.807, 2.05) is 0 Å². The Morgan fingerprint density at radius 2 is 0.875 bits per heavy atom. The minimum atomic E-state index is 1.09. The molecule has 1 aromatic heterocycles. The summed E-state index contributed by atoms with van der Waals surface area (Å²) < 4.78 is 2.39. The molecule has 0 amide bonds. The molecule has 56 heavy (non-hydrogen) atoms. The first-order chi connectivity index (χ1) is 27.8. The summed E-state index contributed by atoms with van der Waals surface area (Å²) in [6.07, 6.45) is 0. The summed E-state index contributed by atoms with van der Waals surface area (Å²) in [5, 5.41) is 9.94. The monoisotopic (exact) mass is 712 g/mol. The number of hydrogen-bond acceptors (Lipinski definition) is 1. The van der Waals surface area contributed by atoms with Gasteiger partial charge in [0.05, 0.1) is 22.4 Å². The Labute approximate surface area is 325 Å². The lowest BCUT2D eigenvalue weighted by Crippen LogP contribution is -2.12. The van der Waals surface area contributed by atoms with Crippen LogP contribution in [-0.2, 0) is 0 Å². The Morgan fingerprint density at radius 1 is 0.304 bits per heavy atom. The van der Waals surface area contributed by atoms with Gasteiger partial charge in [-0.05, 0) is 98.2 Å². The third-order valence-corrected chi connectivity index (χ3v) is 11.4. The molecule has 1 heterocycles. The van der Waals surface area contributed by atoms with Crippen LogP contribution in [0.5, 0.6) is 0 Å². The van der Waals surface area contributed by atoms with Crippen molar-refractivity contribution in [1.82, 2.24) is 4.57 Å². The summed E-state index contributed by atoms with van der Waals surface area (Å²) in [4.78, 5) is 2.47. The van der Waals surface area contributed by atoms with Crippen LogP contribution < -0.4 is 4.90 Å². The molecule has 262 valence electrons. The second kappa shape index (κ2) is 13.2. The van der Waals surface area contributed by atoms with Crippen LogP contribution in [0.1, 0.15) is 0 Å². The average Bonchev–Trinajstić information content (AvgIpc) is 3.61. The summed E-state index contributed by atoms with van der Waals surface area (Å²) in [6, 6.07) is 79.6. The molecule has 0 spiro atoms. The van der Waals surface area contributed by atoms with Crippen molar-refractivity contribution in [3.05, 3.63) is 218 Å². The van der Waals surface area contributed by atoms with Crippen LogP contribution in [0.3, 0.4) is 0 Å². The van der Waals surface area contributed by atoms with Gasteiger partial charge in [0, 0.05) is 33.1 Å². The first-order valence-electron chi connectivity index (χ1n) is 19.3. The van der Waals surface area contributed by atoms with E-state index in [-0.39, 0.29) is 0 Å². The Hall–Kier alpha value is -7.42. The summed E-state index contributed by atoms with van der Waals surface area (Å²) >= 11 is 0. The number of anilines is 3. The fourth-order valence-corrected chi connectivity index (χ4v) is 8.80. The second-order valence-electron chi connectivity index (χ2n) is 14.5. The summed E-state index contributed by atoms with van der Waals surface area (Å²) in [5.74, 6) is 0. The molecule has 0 fully saturated rings. The molecule has 11 aromatic rings. The zero-order chi connectivity index (χ0) is 37.0. The normalized spacial score (nSPS) is 11.6. The molecule has 0 unspecified atom stereocenters. The maximum atomic E-state index is 2.47. The van der Waals surface area contributed by atoms with Crippen molar-refractivity contribution >= 4 is 71.2 Å². The van der Waals surface area contributed by atoms with E-state index < -0.39 is 0 Å². The van der Waals surface area contributed by atoms with E-state index in [4.69, 9.17) is 0 Å². The van der Waals surface area contributed by atoms with Gasteiger partial charge in [-0.3, -0.25) is 0 Å². The van der Waals surface area contributed by atoms with Crippen LogP contribution in [0, 0.1) is 0 Å². The lowest BCUT2D eigenvalue weighted by Gasteiger charge is -2.30. The van der Waals surface area contributed by atoms with E-state index in [1.54, 1.807) is 0 Å². The van der Waals surface area contributed by atoms with E-state index in [1.165, 1.54) is 76.4 Å². The number of fused-ring (bicyclic) bond motifs is 7. The molecule has 2 nitrogen and oxygen atoms in total. The maximum Gasteiger partial charge on any atom is 0.0546 e. The average molecular weight is 713 g/mol. The van der Waals surface area contributed by atoms with Crippen molar-refractivity contribution in [2.24, 2.45) is 0 Å². The van der Waals surface area contributed by atoms with E-state index >= 15 is 0 Å².